The minimum absolute atomic E-state index is 0.0739. The van der Waals surface area contributed by atoms with Crippen molar-refractivity contribution in [3.63, 3.8) is 0 Å². The molecular weight excluding hydrogens is 356 g/mol. The highest BCUT2D eigenvalue weighted by Crippen LogP contribution is 2.29. The number of carboxylic acids is 1. The summed E-state index contributed by atoms with van der Waals surface area (Å²) in [5.41, 5.74) is 0.373. The van der Waals surface area contributed by atoms with Gasteiger partial charge in [0.25, 0.3) is 0 Å². The van der Waals surface area contributed by atoms with Gasteiger partial charge in [-0.1, -0.05) is 13.0 Å². The molecule has 1 aliphatic heterocycles. The Labute approximate surface area is 136 Å². The van der Waals surface area contributed by atoms with Gasteiger partial charge in [0, 0.05) is 28.1 Å². The molecule has 0 aliphatic carbocycles. The van der Waals surface area contributed by atoms with E-state index in [0.29, 0.717) is 22.0 Å². The Morgan fingerprint density at radius 1 is 1.43 bits per heavy atom. The molecule has 1 heterocycles. The number of thioether (sulfide) groups is 1. The van der Waals surface area contributed by atoms with Crippen LogP contribution in [0.5, 0.6) is 0 Å². The first-order chi connectivity index (χ1) is 9.91. The molecule has 0 saturated carbocycles. The molecule has 2 unspecified atom stereocenters. The standard InChI is InChI=1S/C14H17BrN2O3S/c1-8-9(2)21-7-6-17(8)14(20)16-12-10(13(18)19)4-3-5-11(12)15/h3-5,8-9H,6-7H2,1-2H3,(H,16,20)(H,18,19). The lowest BCUT2D eigenvalue weighted by atomic mass is 10.1. The smallest absolute Gasteiger partial charge is 0.337 e. The summed E-state index contributed by atoms with van der Waals surface area (Å²) in [6.45, 7) is 4.76. The molecule has 2 rings (SSSR count). The fourth-order valence-corrected chi connectivity index (χ4v) is 3.79. The molecule has 1 fully saturated rings. The van der Waals surface area contributed by atoms with Gasteiger partial charge in [0.15, 0.2) is 0 Å². The maximum absolute atomic E-state index is 12.4. The van der Waals surface area contributed by atoms with Crippen molar-refractivity contribution in [3.8, 4) is 0 Å². The summed E-state index contributed by atoms with van der Waals surface area (Å²) < 4.78 is 0.558. The van der Waals surface area contributed by atoms with Gasteiger partial charge in [-0.15, -0.1) is 0 Å². The quantitative estimate of drug-likeness (QED) is 0.833. The van der Waals surface area contributed by atoms with Crippen molar-refractivity contribution in [3.05, 3.63) is 28.2 Å². The Kier molecular flexibility index (Phi) is 5.16. The topological polar surface area (TPSA) is 69.6 Å². The molecule has 21 heavy (non-hydrogen) atoms. The Morgan fingerprint density at radius 2 is 2.14 bits per heavy atom. The number of hydrogen-bond donors (Lipinski definition) is 2. The van der Waals surface area contributed by atoms with Gasteiger partial charge in [0.1, 0.15) is 0 Å². The van der Waals surface area contributed by atoms with E-state index in [9.17, 15) is 14.7 Å². The molecule has 114 valence electrons. The van der Waals surface area contributed by atoms with E-state index >= 15 is 0 Å². The lowest BCUT2D eigenvalue weighted by molar-refractivity contribution is 0.0698. The summed E-state index contributed by atoms with van der Waals surface area (Å²) >= 11 is 5.13. The Hall–Kier alpha value is -1.21. The van der Waals surface area contributed by atoms with Gasteiger partial charge in [-0.2, -0.15) is 11.8 Å². The third-order valence-corrected chi connectivity index (χ3v) is 5.62. The zero-order chi connectivity index (χ0) is 15.6. The number of amides is 2. The first kappa shape index (κ1) is 16.2. The fourth-order valence-electron chi connectivity index (χ4n) is 2.23. The van der Waals surface area contributed by atoms with Crippen molar-refractivity contribution < 1.29 is 14.7 Å². The number of nitrogens with one attached hydrogen (secondary N) is 1. The van der Waals surface area contributed by atoms with Gasteiger partial charge in [-0.25, -0.2) is 9.59 Å². The van der Waals surface area contributed by atoms with Crippen molar-refractivity contribution >= 4 is 45.4 Å². The zero-order valence-corrected chi connectivity index (χ0v) is 14.2. The second-order valence-corrected chi connectivity index (χ2v) is 7.25. The molecule has 0 spiro atoms. The molecule has 2 N–H and O–H groups in total. The number of urea groups is 1. The molecule has 1 saturated heterocycles. The van der Waals surface area contributed by atoms with Crippen molar-refractivity contribution in [2.75, 3.05) is 17.6 Å². The van der Waals surface area contributed by atoms with Gasteiger partial charge in [0.2, 0.25) is 0 Å². The van der Waals surface area contributed by atoms with Crippen molar-refractivity contribution in [2.24, 2.45) is 0 Å². The summed E-state index contributed by atoms with van der Waals surface area (Å²) in [6.07, 6.45) is 0. The summed E-state index contributed by atoms with van der Waals surface area (Å²) in [6, 6.07) is 4.66. The highest BCUT2D eigenvalue weighted by Gasteiger charge is 2.29. The van der Waals surface area contributed by atoms with Crippen molar-refractivity contribution in [1.29, 1.82) is 0 Å². The first-order valence-electron chi connectivity index (χ1n) is 6.63. The third kappa shape index (κ3) is 3.52. The third-order valence-electron chi connectivity index (χ3n) is 3.62. The van der Waals surface area contributed by atoms with Crippen LogP contribution in [-0.4, -0.2) is 45.6 Å². The average molecular weight is 373 g/mol. The molecule has 0 bridgehead atoms. The van der Waals surface area contributed by atoms with Crippen LogP contribution in [0.25, 0.3) is 0 Å². The predicted octanol–water partition coefficient (Wildman–Crippen LogP) is 3.51. The van der Waals surface area contributed by atoms with Gasteiger partial charge in [-0.05, 0) is 35.0 Å². The van der Waals surface area contributed by atoms with Crippen LogP contribution in [0.15, 0.2) is 22.7 Å². The van der Waals surface area contributed by atoms with Crippen LogP contribution in [-0.2, 0) is 0 Å². The monoisotopic (exact) mass is 372 g/mol. The second kappa shape index (κ2) is 6.70. The SMILES string of the molecule is CC1SCCN(C(=O)Nc2c(Br)cccc2C(=O)O)C1C. The van der Waals surface area contributed by atoms with E-state index in [-0.39, 0.29) is 17.6 Å². The molecule has 5 nitrogen and oxygen atoms in total. The number of nitrogens with zero attached hydrogens (tertiary/aromatic N) is 1. The number of hydrogen-bond acceptors (Lipinski definition) is 3. The first-order valence-corrected chi connectivity index (χ1v) is 8.47. The van der Waals surface area contributed by atoms with E-state index in [1.165, 1.54) is 6.07 Å². The molecule has 1 aromatic rings. The van der Waals surface area contributed by atoms with Crippen LogP contribution in [0.3, 0.4) is 0 Å². The van der Waals surface area contributed by atoms with Crippen LogP contribution < -0.4 is 5.32 Å². The lowest BCUT2D eigenvalue weighted by Gasteiger charge is -2.37. The van der Waals surface area contributed by atoms with Crippen LogP contribution >= 0.6 is 27.7 Å². The summed E-state index contributed by atoms with van der Waals surface area (Å²) in [7, 11) is 0. The number of carbonyl (C=O) groups excluding carboxylic acids is 1. The molecule has 2 atom stereocenters. The largest absolute Gasteiger partial charge is 0.478 e. The fraction of sp³-hybridized carbons (Fsp3) is 0.429. The second-order valence-electron chi connectivity index (χ2n) is 4.91. The molecule has 7 heteroatoms. The van der Waals surface area contributed by atoms with E-state index < -0.39 is 5.97 Å². The number of halogens is 1. The minimum atomic E-state index is -1.07. The van der Waals surface area contributed by atoms with Crippen molar-refractivity contribution in [2.45, 2.75) is 25.1 Å². The van der Waals surface area contributed by atoms with Crippen LogP contribution in [0, 0.1) is 0 Å². The number of rotatable bonds is 2. The van der Waals surface area contributed by atoms with Gasteiger partial charge >= 0.3 is 12.0 Å². The van der Waals surface area contributed by atoms with E-state index in [1.54, 1.807) is 17.0 Å². The van der Waals surface area contributed by atoms with Crippen LogP contribution in [0.4, 0.5) is 10.5 Å². The van der Waals surface area contributed by atoms with Crippen molar-refractivity contribution in [1.82, 2.24) is 4.90 Å². The van der Waals surface area contributed by atoms with Gasteiger partial charge in [0.05, 0.1) is 11.3 Å². The molecule has 2 amide bonds. The number of anilines is 1. The molecule has 0 radical (unpaired) electrons. The minimum Gasteiger partial charge on any atom is -0.478 e. The van der Waals surface area contributed by atoms with Crippen LogP contribution in [0.1, 0.15) is 24.2 Å². The van der Waals surface area contributed by atoms with E-state index in [2.05, 4.69) is 28.2 Å². The number of aromatic carboxylic acids is 1. The lowest BCUT2D eigenvalue weighted by Crippen LogP contribution is -2.49. The Balaban J connectivity index is 2.22. The summed E-state index contributed by atoms with van der Waals surface area (Å²) in [4.78, 5) is 25.5. The molecule has 0 aromatic heterocycles. The summed E-state index contributed by atoms with van der Waals surface area (Å²) in [5, 5.41) is 12.3. The summed E-state index contributed by atoms with van der Waals surface area (Å²) in [5.74, 6) is -0.178. The van der Waals surface area contributed by atoms with Crippen LogP contribution in [0.2, 0.25) is 0 Å². The van der Waals surface area contributed by atoms with Gasteiger partial charge < -0.3 is 15.3 Å². The van der Waals surface area contributed by atoms with Gasteiger partial charge in [-0.3, -0.25) is 0 Å². The zero-order valence-electron chi connectivity index (χ0n) is 11.8. The van der Waals surface area contributed by atoms with E-state index in [4.69, 9.17) is 0 Å². The highest BCUT2D eigenvalue weighted by molar-refractivity contribution is 9.10. The maximum atomic E-state index is 12.4. The van der Waals surface area contributed by atoms with E-state index in [0.717, 1.165) is 5.75 Å². The molecular formula is C14H17BrN2O3S. The average Bonchev–Trinajstić information content (AvgIpc) is 2.43. The normalized spacial score (nSPS) is 22.0. The Morgan fingerprint density at radius 3 is 2.81 bits per heavy atom. The predicted molar refractivity (Wildman–Crippen MR) is 88.2 cm³/mol. The molecule has 1 aromatic carbocycles. The molecule has 1 aliphatic rings. The number of para-hydroxylation sites is 1. The Bertz CT molecular complexity index is 567. The maximum Gasteiger partial charge on any atom is 0.337 e. The number of carbonyl (C=O) groups is 2. The number of benzene rings is 1. The highest BCUT2D eigenvalue weighted by atomic mass is 79.9. The number of carboxylic acid groups (broad SMARTS) is 1. The van der Waals surface area contributed by atoms with E-state index in [1.807, 2.05) is 18.7 Å².